The molecule has 5 heteroatoms. The van der Waals surface area contributed by atoms with E-state index in [0.717, 1.165) is 5.56 Å². The number of carbonyl (C=O) groups excluding carboxylic acids is 2. The Morgan fingerprint density at radius 3 is 2.24 bits per heavy atom. The predicted octanol–water partition coefficient (Wildman–Crippen LogP) is 3.60. The minimum absolute atomic E-state index is 0.0473. The van der Waals surface area contributed by atoms with Crippen LogP contribution in [0.3, 0.4) is 0 Å². The number of aromatic hydroxyl groups is 2. The third kappa shape index (κ3) is 4.57. The first-order valence-electron chi connectivity index (χ1n) is 7.52. The fourth-order valence-electron chi connectivity index (χ4n) is 2.23. The van der Waals surface area contributed by atoms with Crippen LogP contribution in [0.5, 0.6) is 17.2 Å². The largest absolute Gasteiger partial charge is 0.508 e. The lowest BCUT2D eigenvalue weighted by molar-refractivity contribution is -0.112. The summed E-state index contributed by atoms with van der Waals surface area (Å²) in [5, 5.41) is 19.2. The summed E-state index contributed by atoms with van der Waals surface area (Å²) < 4.78 is 5.16. The summed E-state index contributed by atoms with van der Waals surface area (Å²) in [4.78, 5) is 23.8. The molecule has 0 aromatic heterocycles. The number of hydrogen-bond donors (Lipinski definition) is 2. The van der Waals surface area contributed by atoms with Gasteiger partial charge in [0.25, 0.3) is 0 Å². The molecule has 0 fully saturated rings. The number of benzene rings is 2. The van der Waals surface area contributed by atoms with Crippen molar-refractivity contribution < 1.29 is 24.5 Å². The monoisotopic (exact) mass is 338 g/mol. The van der Waals surface area contributed by atoms with Gasteiger partial charge >= 0.3 is 0 Å². The van der Waals surface area contributed by atoms with Gasteiger partial charge in [-0.1, -0.05) is 30.4 Å². The van der Waals surface area contributed by atoms with E-state index in [-0.39, 0.29) is 34.4 Å². The van der Waals surface area contributed by atoms with Gasteiger partial charge in [-0.15, -0.1) is 0 Å². The zero-order valence-corrected chi connectivity index (χ0v) is 13.9. The first-order chi connectivity index (χ1) is 11.9. The zero-order valence-electron chi connectivity index (χ0n) is 13.9. The van der Waals surface area contributed by atoms with Crippen molar-refractivity contribution in [1.82, 2.24) is 0 Å². The van der Waals surface area contributed by atoms with Gasteiger partial charge in [-0.3, -0.25) is 9.59 Å². The molecular formula is C20H18O5. The third-order valence-corrected chi connectivity index (χ3v) is 3.44. The van der Waals surface area contributed by atoms with Crippen LogP contribution in [0, 0.1) is 0 Å². The third-order valence-electron chi connectivity index (χ3n) is 3.44. The van der Waals surface area contributed by atoms with Crippen molar-refractivity contribution in [2.45, 2.75) is 6.92 Å². The highest BCUT2D eigenvalue weighted by Crippen LogP contribution is 2.34. The molecule has 0 aliphatic heterocycles. The van der Waals surface area contributed by atoms with E-state index in [1.807, 2.05) is 0 Å². The summed E-state index contributed by atoms with van der Waals surface area (Å²) in [5.74, 6) is -0.529. The lowest BCUT2D eigenvalue weighted by Crippen LogP contribution is -2.02. The van der Waals surface area contributed by atoms with E-state index in [9.17, 15) is 19.8 Å². The second-order valence-electron chi connectivity index (χ2n) is 5.32. The second-order valence-corrected chi connectivity index (χ2v) is 5.32. The number of methoxy groups -OCH3 is 1. The normalized spacial score (nSPS) is 11.1. The molecule has 2 N–H and O–H groups in total. The van der Waals surface area contributed by atoms with E-state index in [2.05, 4.69) is 0 Å². The maximum absolute atomic E-state index is 12.6. The molecule has 0 spiro atoms. The van der Waals surface area contributed by atoms with Gasteiger partial charge in [0.05, 0.1) is 12.7 Å². The Bertz CT molecular complexity index is 845. The summed E-state index contributed by atoms with van der Waals surface area (Å²) >= 11 is 0. The average molecular weight is 338 g/mol. The van der Waals surface area contributed by atoms with Crippen molar-refractivity contribution in [2.75, 3.05) is 7.11 Å². The lowest BCUT2D eigenvalue weighted by atomic mass is 9.99. The van der Waals surface area contributed by atoms with E-state index < -0.39 is 0 Å². The van der Waals surface area contributed by atoms with Crippen LogP contribution in [0.4, 0.5) is 0 Å². The molecule has 0 saturated heterocycles. The maximum atomic E-state index is 12.6. The van der Waals surface area contributed by atoms with Crippen molar-refractivity contribution in [3.8, 4) is 17.2 Å². The van der Waals surface area contributed by atoms with Crippen LogP contribution in [-0.2, 0) is 4.79 Å². The fourth-order valence-corrected chi connectivity index (χ4v) is 2.23. The quantitative estimate of drug-likeness (QED) is 0.621. The summed E-state index contributed by atoms with van der Waals surface area (Å²) in [6.07, 6.45) is 5.77. The molecule has 0 bridgehead atoms. The SMILES string of the molecule is COc1c(O)ccc(C=CC(C)=O)c1C(=O)C=Cc1ccc(O)cc1. The number of ketones is 2. The van der Waals surface area contributed by atoms with E-state index in [4.69, 9.17) is 4.74 Å². The highest BCUT2D eigenvalue weighted by atomic mass is 16.5. The molecule has 0 aliphatic rings. The Hall–Kier alpha value is -3.34. The number of phenolic OH excluding ortho intramolecular Hbond substituents is 2. The number of hydrogen-bond acceptors (Lipinski definition) is 5. The van der Waals surface area contributed by atoms with Gasteiger partial charge in [0.15, 0.2) is 23.1 Å². The molecule has 128 valence electrons. The molecule has 0 atom stereocenters. The Morgan fingerprint density at radius 1 is 0.960 bits per heavy atom. The topological polar surface area (TPSA) is 83.8 Å². The number of ether oxygens (including phenoxy) is 1. The summed E-state index contributed by atoms with van der Waals surface area (Å²) in [6, 6.07) is 9.29. The smallest absolute Gasteiger partial charge is 0.190 e. The number of allylic oxidation sites excluding steroid dienone is 2. The molecule has 0 heterocycles. The molecule has 0 amide bonds. The molecule has 0 aliphatic carbocycles. The Labute approximate surface area is 145 Å². The van der Waals surface area contributed by atoms with Gasteiger partial charge < -0.3 is 14.9 Å². The maximum Gasteiger partial charge on any atom is 0.190 e. The van der Waals surface area contributed by atoms with E-state index in [0.29, 0.717) is 5.56 Å². The first-order valence-corrected chi connectivity index (χ1v) is 7.52. The van der Waals surface area contributed by atoms with Crippen LogP contribution in [-0.4, -0.2) is 28.9 Å². The molecule has 2 aromatic carbocycles. The standard InChI is InChI=1S/C20H18O5/c1-13(21)3-7-15-8-12-18(24)20(25-2)19(15)17(23)11-6-14-4-9-16(22)10-5-14/h3-12,22,24H,1-2H3. The number of rotatable bonds is 6. The minimum atomic E-state index is -0.385. The highest BCUT2D eigenvalue weighted by Gasteiger charge is 2.17. The molecule has 0 unspecified atom stereocenters. The highest BCUT2D eigenvalue weighted by molar-refractivity contribution is 6.11. The predicted molar refractivity (Wildman–Crippen MR) is 95.8 cm³/mol. The summed E-state index contributed by atoms with van der Waals surface area (Å²) in [7, 11) is 1.36. The summed E-state index contributed by atoms with van der Waals surface area (Å²) in [5.41, 5.74) is 1.35. The van der Waals surface area contributed by atoms with Gasteiger partial charge in [-0.05, 0) is 48.4 Å². The van der Waals surface area contributed by atoms with Crippen molar-refractivity contribution in [3.05, 3.63) is 65.2 Å². The van der Waals surface area contributed by atoms with Crippen LogP contribution in [0.25, 0.3) is 12.2 Å². The number of carbonyl (C=O) groups is 2. The van der Waals surface area contributed by atoms with Gasteiger partial charge in [0.1, 0.15) is 5.75 Å². The van der Waals surface area contributed by atoms with Crippen LogP contribution in [0.1, 0.15) is 28.4 Å². The molecule has 2 aromatic rings. The molecule has 25 heavy (non-hydrogen) atoms. The van der Waals surface area contributed by atoms with E-state index in [1.165, 1.54) is 50.5 Å². The lowest BCUT2D eigenvalue weighted by Gasteiger charge is -2.11. The van der Waals surface area contributed by atoms with Crippen LogP contribution < -0.4 is 4.74 Å². The van der Waals surface area contributed by atoms with Crippen molar-refractivity contribution in [2.24, 2.45) is 0 Å². The van der Waals surface area contributed by atoms with Gasteiger partial charge in [0, 0.05) is 0 Å². The van der Waals surface area contributed by atoms with Gasteiger partial charge in [0.2, 0.25) is 0 Å². The molecule has 0 saturated carbocycles. The van der Waals surface area contributed by atoms with Crippen molar-refractivity contribution in [1.29, 1.82) is 0 Å². The molecule has 5 nitrogen and oxygen atoms in total. The second kappa shape index (κ2) is 7.97. The first kappa shape index (κ1) is 18.0. The molecule has 0 radical (unpaired) electrons. The Balaban J connectivity index is 2.43. The van der Waals surface area contributed by atoms with E-state index >= 15 is 0 Å². The minimum Gasteiger partial charge on any atom is -0.508 e. The van der Waals surface area contributed by atoms with Crippen LogP contribution in [0.2, 0.25) is 0 Å². The van der Waals surface area contributed by atoms with Crippen LogP contribution in [0.15, 0.2) is 48.6 Å². The number of phenols is 2. The van der Waals surface area contributed by atoms with Gasteiger partial charge in [-0.25, -0.2) is 0 Å². The zero-order chi connectivity index (χ0) is 18.4. The van der Waals surface area contributed by atoms with Crippen LogP contribution >= 0.6 is 0 Å². The summed E-state index contributed by atoms with van der Waals surface area (Å²) in [6.45, 7) is 1.40. The van der Waals surface area contributed by atoms with Crippen molar-refractivity contribution >= 4 is 23.7 Å². The average Bonchev–Trinajstić information content (AvgIpc) is 2.59. The van der Waals surface area contributed by atoms with E-state index in [1.54, 1.807) is 24.3 Å². The Kier molecular flexibility index (Phi) is 5.74. The molecular weight excluding hydrogens is 320 g/mol. The van der Waals surface area contributed by atoms with Crippen molar-refractivity contribution in [3.63, 3.8) is 0 Å². The van der Waals surface area contributed by atoms with Gasteiger partial charge in [-0.2, -0.15) is 0 Å². The fraction of sp³-hybridized carbons (Fsp3) is 0.100. The Morgan fingerprint density at radius 2 is 1.64 bits per heavy atom. The molecule has 2 rings (SSSR count).